The summed E-state index contributed by atoms with van der Waals surface area (Å²) in [5.74, 6) is 0. The van der Waals surface area contributed by atoms with Crippen molar-refractivity contribution in [3.63, 3.8) is 0 Å². The Morgan fingerprint density at radius 3 is 2.75 bits per heavy atom. The standard InChI is InChI=1S/C14H22BrN5/c1-14(2,10-19(3)4)9-16-5-11-6-18-13-7-17-12(15)8-20(11)13/h6-8,16H,5,9-10H2,1-4H3. The van der Waals surface area contributed by atoms with Crippen LogP contribution in [0.4, 0.5) is 0 Å². The van der Waals surface area contributed by atoms with Gasteiger partial charge in [-0.05, 0) is 35.4 Å². The van der Waals surface area contributed by atoms with Crippen LogP contribution < -0.4 is 5.32 Å². The zero-order chi connectivity index (χ0) is 14.8. The summed E-state index contributed by atoms with van der Waals surface area (Å²) in [6.07, 6.45) is 5.61. The van der Waals surface area contributed by atoms with Crippen LogP contribution in [0, 0.1) is 5.41 Å². The SMILES string of the molecule is CN(C)CC(C)(C)CNCc1cnc2cnc(Br)cn12. The van der Waals surface area contributed by atoms with E-state index in [1.54, 1.807) is 6.20 Å². The molecule has 0 atom stereocenters. The molecule has 0 aliphatic rings. The van der Waals surface area contributed by atoms with E-state index in [9.17, 15) is 0 Å². The lowest BCUT2D eigenvalue weighted by atomic mass is 9.93. The molecule has 6 heteroatoms. The molecule has 0 radical (unpaired) electrons. The summed E-state index contributed by atoms with van der Waals surface area (Å²) in [6.45, 7) is 7.37. The first-order valence-electron chi connectivity index (χ1n) is 6.70. The third-order valence-corrected chi connectivity index (χ3v) is 3.50. The highest BCUT2D eigenvalue weighted by Crippen LogP contribution is 2.15. The lowest BCUT2D eigenvalue weighted by Gasteiger charge is -2.28. The van der Waals surface area contributed by atoms with Gasteiger partial charge in [0.25, 0.3) is 0 Å². The van der Waals surface area contributed by atoms with Crippen molar-refractivity contribution in [2.24, 2.45) is 5.41 Å². The van der Waals surface area contributed by atoms with Gasteiger partial charge in [0, 0.05) is 25.8 Å². The maximum atomic E-state index is 4.35. The van der Waals surface area contributed by atoms with Crippen molar-refractivity contribution in [3.8, 4) is 0 Å². The molecular formula is C14H22BrN5. The van der Waals surface area contributed by atoms with E-state index in [0.29, 0.717) is 0 Å². The van der Waals surface area contributed by atoms with E-state index < -0.39 is 0 Å². The highest BCUT2D eigenvalue weighted by atomic mass is 79.9. The van der Waals surface area contributed by atoms with E-state index in [0.717, 1.165) is 35.6 Å². The lowest BCUT2D eigenvalue weighted by Crippen LogP contribution is -2.37. The lowest BCUT2D eigenvalue weighted by molar-refractivity contribution is 0.232. The summed E-state index contributed by atoms with van der Waals surface area (Å²) in [4.78, 5) is 10.8. The van der Waals surface area contributed by atoms with E-state index in [-0.39, 0.29) is 5.41 Å². The fourth-order valence-electron chi connectivity index (χ4n) is 2.49. The quantitative estimate of drug-likeness (QED) is 0.876. The van der Waals surface area contributed by atoms with Gasteiger partial charge < -0.3 is 10.2 Å². The third-order valence-electron chi connectivity index (χ3n) is 3.10. The van der Waals surface area contributed by atoms with Crippen molar-refractivity contribution in [2.75, 3.05) is 27.2 Å². The molecule has 2 aromatic heterocycles. The van der Waals surface area contributed by atoms with E-state index in [2.05, 4.69) is 68.5 Å². The minimum Gasteiger partial charge on any atom is -0.311 e. The van der Waals surface area contributed by atoms with Gasteiger partial charge in [-0.25, -0.2) is 9.97 Å². The van der Waals surface area contributed by atoms with Crippen LogP contribution in [0.5, 0.6) is 0 Å². The molecule has 2 heterocycles. The van der Waals surface area contributed by atoms with Gasteiger partial charge in [-0.3, -0.25) is 4.40 Å². The normalized spacial score (nSPS) is 12.5. The first kappa shape index (κ1) is 15.4. The molecule has 0 bridgehead atoms. The molecular weight excluding hydrogens is 318 g/mol. The number of hydrogen-bond acceptors (Lipinski definition) is 4. The molecule has 2 rings (SSSR count). The van der Waals surface area contributed by atoms with E-state index in [4.69, 9.17) is 0 Å². The maximum absolute atomic E-state index is 4.35. The Kier molecular flexibility index (Phi) is 4.78. The van der Waals surface area contributed by atoms with Crippen molar-refractivity contribution < 1.29 is 0 Å². The average molecular weight is 340 g/mol. The molecule has 110 valence electrons. The largest absolute Gasteiger partial charge is 0.311 e. The van der Waals surface area contributed by atoms with Crippen LogP contribution >= 0.6 is 15.9 Å². The van der Waals surface area contributed by atoms with Crippen molar-refractivity contribution in [3.05, 3.63) is 28.9 Å². The summed E-state index contributed by atoms with van der Waals surface area (Å²) in [7, 11) is 4.22. The Labute approximate surface area is 128 Å². The van der Waals surface area contributed by atoms with E-state index in [1.165, 1.54) is 0 Å². The van der Waals surface area contributed by atoms with Gasteiger partial charge in [-0.1, -0.05) is 13.8 Å². The summed E-state index contributed by atoms with van der Waals surface area (Å²) in [5, 5.41) is 3.52. The molecule has 0 unspecified atom stereocenters. The summed E-state index contributed by atoms with van der Waals surface area (Å²) >= 11 is 3.39. The number of aromatic nitrogens is 3. The highest BCUT2D eigenvalue weighted by Gasteiger charge is 2.18. The predicted octanol–water partition coefficient (Wildman–Crippen LogP) is 2.17. The van der Waals surface area contributed by atoms with E-state index >= 15 is 0 Å². The van der Waals surface area contributed by atoms with Crippen molar-refractivity contribution in [2.45, 2.75) is 20.4 Å². The first-order chi connectivity index (χ1) is 9.37. The summed E-state index contributed by atoms with van der Waals surface area (Å²) in [5.41, 5.74) is 2.26. The van der Waals surface area contributed by atoms with Gasteiger partial charge in [-0.15, -0.1) is 0 Å². The topological polar surface area (TPSA) is 45.5 Å². The number of nitrogens with zero attached hydrogens (tertiary/aromatic N) is 4. The van der Waals surface area contributed by atoms with Gasteiger partial charge in [0.1, 0.15) is 4.60 Å². The molecule has 2 aromatic rings. The van der Waals surface area contributed by atoms with Crippen LogP contribution in [-0.2, 0) is 6.54 Å². The Balaban J connectivity index is 1.98. The molecule has 0 aliphatic heterocycles. The Hall–Kier alpha value is -0.980. The zero-order valence-electron chi connectivity index (χ0n) is 12.5. The maximum Gasteiger partial charge on any atom is 0.155 e. The van der Waals surface area contributed by atoms with Crippen molar-refractivity contribution in [1.82, 2.24) is 24.6 Å². The van der Waals surface area contributed by atoms with Gasteiger partial charge >= 0.3 is 0 Å². The predicted molar refractivity (Wildman–Crippen MR) is 84.7 cm³/mol. The smallest absolute Gasteiger partial charge is 0.155 e. The first-order valence-corrected chi connectivity index (χ1v) is 7.50. The van der Waals surface area contributed by atoms with Crippen LogP contribution in [0.15, 0.2) is 23.2 Å². The second kappa shape index (κ2) is 6.20. The van der Waals surface area contributed by atoms with Crippen LogP contribution in [0.2, 0.25) is 0 Å². The number of imidazole rings is 1. The number of rotatable bonds is 6. The molecule has 20 heavy (non-hydrogen) atoms. The molecule has 0 aliphatic carbocycles. The average Bonchev–Trinajstić information content (AvgIpc) is 2.70. The van der Waals surface area contributed by atoms with Gasteiger partial charge in [0.2, 0.25) is 0 Å². The summed E-state index contributed by atoms with van der Waals surface area (Å²) < 4.78 is 2.88. The Bertz CT molecular complexity index is 576. The van der Waals surface area contributed by atoms with Gasteiger partial charge in [-0.2, -0.15) is 0 Å². The molecule has 1 N–H and O–H groups in total. The van der Waals surface area contributed by atoms with Crippen LogP contribution in [0.1, 0.15) is 19.5 Å². The molecule has 0 spiro atoms. The second-order valence-electron chi connectivity index (χ2n) is 6.19. The van der Waals surface area contributed by atoms with Crippen LogP contribution in [0.3, 0.4) is 0 Å². The summed E-state index contributed by atoms with van der Waals surface area (Å²) in [6, 6.07) is 0. The third kappa shape index (κ3) is 4.01. The number of halogens is 1. The van der Waals surface area contributed by atoms with Crippen molar-refractivity contribution in [1.29, 1.82) is 0 Å². The molecule has 0 saturated carbocycles. The monoisotopic (exact) mass is 339 g/mol. The minimum absolute atomic E-state index is 0.242. The minimum atomic E-state index is 0.242. The van der Waals surface area contributed by atoms with E-state index in [1.807, 2.05) is 12.4 Å². The fourth-order valence-corrected chi connectivity index (χ4v) is 2.79. The van der Waals surface area contributed by atoms with Gasteiger partial charge in [0.15, 0.2) is 5.65 Å². The second-order valence-corrected chi connectivity index (χ2v) is 7.01. The number of hydrogen-bond donors (Lipinski definition) is 1. The molecule has 0 saturated heterocycles. The Morgan fingerprint density at radius 2 is 2.05 bits per heavy atom. The Morgan fingerprint density at radius 1 is 1.30 bits per heavy atom. The van der Waals surface area contributed by atoms with Crippen LogP contribution in [0.25, 0.3) is 5.65 Å². The van der Waals surface area contributed by atoms with Gasteiger partial charge in [0.05, 0.1) is 18.1 Å². The zero-order valence-corrected chi connectivity index (χ0v) is 14.1. The van der Waals surface area contributed by atoms with Crippen LogP contribution in [-0.4, -0.2) is 46.5 Å². The van der Waals surface area contributed by atoms with Crippen molar-refractivity contribution >= 4 is 21.6 Å². The molecule has 0 fully saturated rings. The molecule has 0 aromatic carbocycles. The highest BCUT2D eigenvalue weighted by molar-refractivity contribution is 9.10. The fraction of sp³-hybridized carbons (Fsp3) is 0.571. The number of fused-ring (bicyclic) bond motifs is 1. The molecule has 0 amide bonds. The number of nitrogens with one attached hydrogen (secondary N) is 1. The molecule has 5 nitrogen and oxygen atoms in total.